The van der Waals surface area contributed by atoms with Gasteiger partial charge in [0.15, 0.2) is 0 Å². The lowest BCUT2D eigenvalue weighted by atomic mass is 9.83. The van der Waals surface area contributed by atoms with Crippen LogP contribution in [-0.4, -0.2) is 19.6 Å². The second-order valence-electron chi connectivity index (χ2n) is 15.9. The minimum atomic E-state index is -0.124. The molecule has 0 aliphatic heterocycles. The van der Waals surface area contributed by atoms with Gasteiger partial charge in [0.2, 0.25) is 0 Å². The molecule has 2 aromatic heterocycles. The van der Waals surface area contributed by atoms with Gasteiger partial charge < -0.3 is 5.11 Å². The zero-order valence-electron chi connectivity index (χ0n) is 33.3. The summed E-state index contributed by atoms with van der Waals surface area (Å²) in [5.41, 5.74) is 16.9. The number of nitrogens with zero attached hydrogens (tertiary/aromatic N) is 3. The third-order valence-corrected chi connectivity index (χ3v) is 11.1. The Bertz CT molecular complexity index is 2900. The Morgan fingerprint density at radius 1 is 0.517 bits per heavy atom. The largest absolute Gasteiger partial charge is 0.507 e. The molecule has 1 N–H and O–H groups in total. The molecule has 0 unspecified atom stereocenters. The van der Waals surface area contributed by atoms with Gasteiger partial charge in [0.25, 0.3) is 0 Å². The molecular formula is C54H45N3O. The molecular weight excluding hydrogens is 707 g/mol. The van der Waals surface area contributed by atoms with Gasteiger partial charge in [-0.15, -0.1) is 0 Å². The average Bonchev–Trinajstić information content (AvgIpc) is 3.66. The fourth-order valence-corrected chi connectivity index (χ4v) is 7.97. The lowest BCUT2D eigenvalue weighted by Gasteiger charge is -2.22. The van der Waals surface area contributed by atoms with Crippen molar-refractivity contribution >= 4 is 11.0 Å². The van der Waals surface area contributed by atoms with Crippen LogP contribution in [0.25, 0.3) is 83.9 Å². The second kappa shape index (κ2) is 15.1. The molecule has 0 bridgehead atoms. The van der Waals surface area contributed by atoms with Crippen LogP contribution in [0.1, 0.15) is 38.8 Å². The summed E-state index contributed by atoms with van der Waals surface area (Å²) in [7, 11) is 0. The number of imidazole rings is 1. The van der Waals surface area contributed by atoms with Gasteiger partial charge in [-0.1, -0.05) is 149 Å². The Morgan fingerprint density at radius 3 is 1.86 bits per heavy atom. The number of fused-ring (bicyclic) bond motifs is 1. The molecule has 9 rings (SSSR count). The Kier molecular flexibility index (Phi) is 9.55. The van der Waals surface area contributed by atoms with Crippen molar-refractivity contribution in [3.05, 3.63) is 193 Å². The molecule has 0 saturated carbocycles. The highest BCUT2D eigenvalue weighted by Crippen LogP contribution is 2.41. The van der Waals surface area contributed by atoms with Crippen LogP contribution in [0, 0.1) is 0 Å². The van der Waals surface area contributed by atoms with Crippen molar-refractivity contribution < 1.29 is 5.11 Å². The SMILES string of the molecule is CCc1cc(-n2c(-c3ccccc3O)nc3c(-c4cc(-c5cc(-c6ccc(-c7ccccc7)cc6)ccn5)cc(C(C)(C)C)c4)cccc32)ccc1-c1ccccc1. The molecule has 2 heterocycles. The molecule has 0 fully saturated rings. The van der Waals surface area contributed by atoms with E-state index in [4.69, 9.17) is 9.97 Å². The van der Waals surface area contributed by atoms with Crippen LogP contribution in [0.2, 0.25) is 0 Å². The summed E-state index contributed by atoms with van der Waals surface area (Å²) in [6.07, 6.45) is 2.78. The molecule has 4 heteroatoms. The van der Waals surface area contributed by atoms with Crippen LogP contribution >= 0.6 is 0 Å². The first kappa shape index (κ1) is 36.6. The fraction of sp³-hybridized carbons (Fsp3) is 0.111. The van der Waals surface area contributed by atoms with Crippen molar-refractivity contribution in [2.45, 2.75) is 39.5 Å². The van der Waals surface area contributed by atoms with Gasteiger partial charge in [-0.05, 0) is 117 Å². The van der Waals surface area contributed by atoms with E-state index in [1.54, 1.807) is 6.07 Å². The van der Waals surface area contributed by atoms with Gasteiger partial charge in [0.1, 0.15) is 11.6 Å². The topological polar surface area (TPSA) is 50.9 Å². The zero-order valence-corrected chi connectivity index (χ0v) is 33.3. The number of pyridine rings is 1. The van der Waals surface area contributed by atoms with Crippen molar-refractivity contribution in [3.8, 4) is 78.6 Å². The van der Waals surface area contributed by atoms with Gasteiger partial charge in [-0.25, -0.2) is 4.98 Å². The van der Waals surface area contributed by atoms with Crippen LogP contribution in [0.5, 0.6) is 5.75 Å². The van der Waals surface area contributed by atoms with E-state index < -0.39 is 0 Å². The number of rotatable bonds is 8. The van der Waals surface area contributed by atoms with Crippen LogP contribution in [0.15, 0.2) is 182 Å². The third-order valence-electron chi connectivity index (χ3n) is 11.1. The van der Waals surface area contributed by atoms with E-state index >= 15 is 0 Å². The van der Waals surface area contributed by atoms with Crippen molar-refractivity contribution in [1.29, 1.82) is 0 Å². The number of hydrogen-bond donors (Lipinski definition) is 1. The monoisotopic (exact) mass is 751 g/mol. The summed E-state index contributed by atoms with van der Waals surface area (Å²) < 4.78 is 2.20. The summed E-state index contributed by atoms with van der Waals surface area (Å²) >= 11 is 0. The molecule has 0 atom stereocenters. The van der Waals surface area contributed by atoms with E-state index in [0.29, 0.717) is 11.4 Å². The van der Waals surface area contributed by atoms with E-state index in [1.807, 2.05) is 30.5 Å². The van der Waals surface area contributed by atoms with Crippen LogP contribution in [0.4, 0.5) is 0 Å². The summed E-state index contributed by atoms with van der Waals surface area (Å²) in [4.78, 5) is 10.3. The first-order chi connectivity index (χ1) is 28.2. The number of hydrogen-bond acceptors (Lipinski definition) is 3. The Hall–Kier alpha value is -7.04. The van der Waals surface area contributed by atoms with E-state index in [0.717, 1.165) is 56.7 Å². The van der Waals surface area contributed by atoms with Gasteiger partial charge >= 0.3 is 0 Å². The maximum atomic E-state index is 11.2. The fourth-order valence-electron chi connectivity index (χ4n) is 7.97. The van der Waals surface area contributed by atoms with Gasteiger partial charge in [0, 0.05) is 23.0 Å². The van der Waals surface area contributed by atoms with Crippen molar-refractivity contribution in [1.82, 2.24) is 14.5 Å². The van der Waals surface area contributed by atoms with E-state index in [9.17, 15) is 5.11 Å². The quantitative estimate of drug-likeness (QED) is 0.168. The number of aromatic hydroxyl groups is 1. The summed E-state index contributed by atoms with van der Waals surface area (Å²) in [6.45, 7) is 8.96. The molecule has 58 heavy (non-hydrogen) atoms. The molecule has 0 spiro atoms. The smallest absolute Gasteiger partial charge is 0.149 e. The maximum absolute atomic E-state index is 11.2. The Morgan fingerprint density at radius 2 is 1.16 bits per heavy atom. The van der Waals surface area contributed by atoms with Crippen molar-refractivity contribution in [3.63, 3.8) is 0 Å². The standard InChI is InChI=1S/C54H45N3O/c1-5-36-34-45(27-28-46(36)40-17-10-7-11-18-40)57-50-21-14-20-47(52(50)56-53(57)48-19-12-13-22-51(48)58)42-31-43(33-44(32-42)54(2,3)4)49-35-41(29-30-55-49)39-25-23-38(24-26-39)37-15-8-6-9-16-37/h6-35,58H,5H2,1-4H3. The normalized spacial score (nSPS) is 11.6. The number of phenols is 1. The summed E-state index contributed by atoms with van der Waals surface area (Å²) in [5.74, 6) is 0.879. The van der Waals surface area contributed by atoms with Gasteiger partial charge in [0.05, 0.1) is 22.3 Å². The molecule has 0 aliphatic rings. The number of phenolic OH excluding ortho intramolecular Hbond substituents is 1. The Balaban J connectivity index is 1.19. The van der Waals surface area contributed by atoms with Gasteiger partial charge in [-0.2, -0.15) is 0 Å². The predicted octanol–water partition coefficient (Wildman–Crippen LogP) is 14.0. The van der Waals surface area contributed by atoms with Crippen LogP contribution in [0.3, 0.4) is 0 Å². The molecule has 282 valence electrons. The van der Waals surface area contributed by atoms with Crippen molar-refractivity contribution in [2.24, 2.45) is 0 Å². The molecule has 0 amide bonds. The number of benzene rings is 7. The maximum Gasteiger partial charge on any atom is 0.149 e. The molecule has 4 nitrogen and oxygen atoms in total. The summed E-state index contributed by atoms with van der Waals surface area (Å²) in [5, 5.41) is 11.2. The van der Waals surface area contributed by atoms with Gasteiger partial charge in [-0.3, -0.25) is 9.55 Å². The number of para-hydroxylation sites is 2. The second-order valence-corrected chi connectivity index (χ2v) is 15.9. The first-order valence-corrected chi connectivity index (χ1v) is 20.0. The minimum Gasteiger partial charge on any atom is -0.507 e. The van der Waals surface area contributed by atoms with E-state index in [-0.39, 0.29) is 11.2 Å². The highest BCUT2D eigenvalue weighted by Gasteiger charge is 2.23. The van der Waals surface area contributed by atoms with Crippen LogP contribution in [-0.2, 0) is 11.8 Å². The lowest BCUT2D eigenvalue weighted by molar-refractivity contribution is 0.477. The Labute approximate surface area is 340 Å². The van der Waals surface area contributed by atoms with Crippen LogP contribution < -0.4 is 0 Å². The lowest BCUT2D eigenvalue weighted by Crippen LogP contribution is -2.11. The molecule has 0 saturated heterocycles. The summed E-state index contributed by atoms with van der Waals surface area (Å²) in [6, 6.07) is 61.4. The van der Waals surface area contributed by atoms with E-state index in [2.05, 4.69) is 178 Å². The first-order valence-electron chi connectivity index (χ1n) is 20.0. The molecule has 0 radical (unpaired) electrons. The molecule has 9 aromatic rings. The highest BCUT2D eigenvalue weighted by molar-refractivity contribution is 5.97. The number of aromatic nitrogens is 3. The minimum absolute atomic E-state index is 0.124. The predicted molar refractivity (Wildman–Crippen MR) is 241 cm³/mol. The third kappa shape index (κ3) is 6.99. The zero-order chi connectivity index (χ0) is 39.8. The molecule has 7 aromatic carbocycles. The van der Waals surface area contributed by atoms with E-state index in [1.165, 1.54) is 33.4 Å². The number of aryl methyl sites for hydroxylation is 1. The van der Waals surface area contributed by atoms with Crippen molar-refractivity contribution in [2.75, 3.05) is 0 Å². The molecule has 0 aliphatic carbocycles. The highest BCUT2D eigenvalue weighted by atomic mass is 16.3. The average molecular weight is 752 g/mol.